The van der Waals surface area contributed by atoms with Gasteiger partial charge >= 0.3 is 0 Å². The zero-order chi connectivity index (χ0) is 13.2. The van der Waals surface area contributed by atoms with Gasteiger partial charge < -0.3 is 10.4 Å². The first-order valence-electron chi connectivity index (χ1n) is 6.96. The highest BCUT2D eigenvalue weighted by Gasteiger charge is 2.26. The van der Waals surface area contributed by atoms with Crippen molar-refractivity contribution in [2.24, 2.45) is 0 Å². The number of unbranched alkanes of at least 4 members (excludes halogenated alkanes) is 1. The largest absolute Gasteiger partial charge is 0.385 e. The summed E-state index contributed by atoms with van der Waals surface area (Å²) in [4.78, 5) is 0. The fourth-order valence-electron chi connectivity index (χ4n) is 2.70. The van der Waals surface area contributed by atoms with E-state index in [0.717, 1.165) is 34.5 Å². The summed E-state index contributed by atoms with van der Waals surface area (Å²) in [7, 11) is 0. The monoisotopic (exact) mass is 253 g/mol. The standard InChI is InChI=1S/C17H19NO/c1-2-3-10-18-12-8-9-14-13-6-4-5-7-15(13)17(19)16(14)11-12/h4-9,11,17-19H,2-3,10H2,1H3. The second-order valence-corrected chi connectivity index (χ2v) is 5.07. The summed E-state index contributed by atoms with van der Waals surface area (Å²) < 4.78 is 0. The van der Waals surface area contributed by atoms with E-state index in [2.05, 4.69) is 36.5 Å². The molecular formula is C17H19NO. The fourth-order valence-corrected chi connectivity index (χ4v) is 2.70. The van der Waals surface area contributed by atoms with Crippen LogP contribution in [-0.4, -0.2) is 11.7 Å². The molecule has 2 heteroatoms. The number of aliphatic hydroxyl groups is 1. The highest BCUT2D eigenvalue weighted by molar-refractivity contribution is 5.79. The third kappa shape index (κ3) is 2.13. The third-order valence-corrected chi connectivity index (χ3v) is 3.75. The molecular weight excluding hydrogens is 234 g/mol. The van der Waals surface area contributed by atoms with E-state index in [1.807, 2.05) is 18.2 Å². The Labute approximate surface area is 114 Å². The fraction of sp³-hybridized carbons (Fsp3) is 0.294. The number of hydrogen-bond acceptors (Lipinski definition) is 2. The van der Waals surface area contributed by atoms with Gasteiger partial charge in [-0.05, 0) is 40.8 Å². The quantitative estimate of drug-likeness (QED) is 0.808. The Morgan fingerprint density at radius 3 is 2.68 bits per heavy atom. The molecule has 1 aliphatic rings. The number of rotatable bonds is 4. The second kappa shape index (κ2) is 5.06. The van der Waals surface area contributed by atoms with Crippen molar-refractivity contribution in [2.45, 2.75) is 25.9 Å². The van der Waals surface area contributed by atoms with Crippen LogP contribution in [-0.2, 0) is 0 Å². The van der Waals surface area contributed by atoms with E-state index in [1.165, 1.54) is 12.8 Å². The van der Waals surface area contributed by atoms with Crippen molar-refractivity contribution in [3.8, 4) is 11.1 Å². The maximum Gasteiger partial charge on any atom is 0.105 e. The minimum Gasteiger partial charge on any atom is -0.385 e. The van der Waals surface area contributed by atoms with E-state index in [9.17, 15) is 5.11 Å². The number of benzene rings is 2. The Morgan fingerprint density at radius 1 is 1.05 bits per heavy atom. The summed E-state index contributed by atoms with van der Waals surface area (Å²) in [6.45, 7) is 3.17. The van der Waals surface area contributed by atoms with Gasteiger partial charge in [0.2, 0.25) is 0 Å². The van der Waals surface area contributed by atoms with E-state index < -0.39 is 6.10 Å². The third-order valence-electron chi connectivity index (χ3n) is 3.75. The number of nitrogens with one attached hydrogen (secondary N) is 1. The SMILES string of the molecule is CCCCNc1ccc2c(c1)C(O)c1ccccc1-2. The van der Waals surface area contributed by atoms with Crippen LogP contribution in [0.15, 0.2) is 42.5 Å². The minimum absolute atomic E-state index is 0.487. The molecule has 3 rings (SSSR count). The first-order chi connectivity index (χ1) is 9.31. The topological polar surface area (TPSA) is 32.3 Å². The summed E-state index contributed by atoms with van der Waals surface area (Å²) in [6.07, 6.45) is 1.87. The Kier molecular flexibility index (Phi) is 3.26. The van der Waals surface area contributed by atoms with Gasteiger partial charge in [-0.3, -0.25) is 0 Å². The Balaban J connectivity index is 1.92. The molecule has 0 amide bonds. The van der Waals surface area contributed by atoms with Crippen LogP contribution in [0, 0.1) is 0 Å². The van der Waals surface area contributed by atoms with E-state index in [4.69, 9.17) is 0 Å². The first-order valence-corrected chi connectivity index (χ1v) is 6.96. The van der Waals surface area contributed by atoms with Crippen molar-refractivity contribution in [3.05, 3.63) is 53.6 Å². The molecule has 1 unspecified atom stereocenters. The van der Waals surface area contributed by atoms with E-state index in [0.29, 0.717) is 0 Å². The Bertz CT molecular complexity index is 592. The number of hydrogen-bond donors (Lipinski definition) is 2. The molecule has 0 bridgehead atoms. The molecule has 0 fully saturated rings. The summed E-state index contributed by atoms with van der Waals surface area (Å²) in [5, 5.41) is 13.8. The molecule has 1 aliphatic carbocycles. The number of aliphatic hydroxyl groups excluding tert-OH is 1. The summed E-state index contributed by atoms with van der Waals surface area (Å²) in [5.74, 6) is 0. The van der Waals surface area contributed by atoms with Gasteiger partial charge in [0.1, 0.15) is 6.10 Å². The zero-order valence-corrected chi connectivity index (χ0v) is 11.2. The van der Waals surface area contributed by atoms with Crippen LogP contribution in [0.5, 0.6) is 0 Å². The van der Waals surface area contributed by atoms with Crippen molar-refractivity contribution < 1.29 is 5.11 Å². The zero-order valence-electron chi connectivity index (χ0n) is 11.2. The van der Waals surface area contributed by atoms with Crippen molar-refractivity contribution in [1.29, 1.82) is 0 Å². The first kappa shape index (κ1) is 12.2. The molecule has 2 aromatic carbocycles. The van der Waals surface area contributed by atoms with Crippen LogP contribution >= 0.6 is 0 Å². The van der Waals surface area contributed by atoms with Crippen LogP contribution in [0.1, 0.15) is 37.0 Å². The highest BCUT2D eigenvalue weighted by atomic mass is 16.3. The lowest BCUT2D eigenvalue weighted by Gasteiger charge is -2.10. The molecule has 2 N–H and O–H groups in total. The van der Waals surface area contributed by atoms with Crippen LogP contribution in [0.3, 0.4) is 0 Å². The number of anilines is 1. The average Bonchev–Trinajstić information content (AvgIpc) is 2.73. The van der Waals surface area contributed by atoms with Crippen molar-refractivity contribution in [2.75, 3.05) is 11.9 Å². The molecule has 0 aromatic heterocycles. The smallest absolute Gasteiger partial charge is 0.105 e. The summed E-state index contributed by atoms with van der Waals surface area (Å²) >= 11 is 0. The second-order valence-electron chi connectivity index (χ2n) is 5.07. The van der Waals surface area contributed by atoms with Crippen LogP contribution in [0.4, 0.5) is 5.69 Å². The Morgan fingerprint density at radius 2 is 1.84 bits per heavy atom. The van der Waals surface area contributed by atoms with Crippen LogP contribution in [0.2, 0.25) is 0 Å². The summed E-state index contributed by atoms with van der Waals surface area (Å²) in [5.41, 5.74) is 5.44. The van der Waals surface area contributed by atoms with Gasteiger partial charge in [-0.1, -0.05) is 43.7 Å². The van der Waals surface area contributed by atoms with Gasteiger partial charge in [0.15, 0.2) is 0 Å². The molecule has 98 valence electrons. The average molecular weight is 253 g/mol. The van der Waals surface area contributed by atoms with Crippen molar-refractivity contribution >= 4 is 5.69 Å². The van der Waals surface area contributed by atoms with E-state index in [-0.39, 0.29) is 0 Å². The van der Waals surface area contributed by atoms with Gasteiger partial charge in [0.25, 0.3) is 0 Å². The molecule has 0 aliphatic heterocycles. The van der Waals surface area contributed by atoms with E-state index >= 15 is 0 Å². The predicted octanol–water partition coefficient (Wildman–Crippen LogP) is 3.96. The van der Waals surface area contributed by atoms with E-state index in [1.54, 1.807) is 0 Å². The molecule has 2 aromatic rings. The molecule has 1 atom stereocenters. The lowest BCUT2D eigenvalue weighted by molar-refractivity contribution is 0.225. The lowest BCUT2D eigenvalue weighted by Crippen LogP contribution is -2.02. The maximum absolute atomic E-state index is 10.4. The van der Waals surface area contributed by atoms with Gasteiger partial charge in [0.05, 0.1) is 0 Å². The Hall–Kier alpha value is -1.80. The molecule has 2 nitrogen and oxygen atoms in total. The normalized spacial score (nSPS) is 16.0. The lowest BCUT2D eigenvalue weighted by atomic mass is 10.1. The van der Waals surface area contributed by atoms with Crippen molar-refractivity contribution in [3.63, 3.8) is 0 Å². The van der Waals surface area contributed by atoms with Gasteiger partial charge in [-0.2, -0.15) is 0 Å². The maximum atomic E-state index is 10.4. The van der Waals surface area contributed by atoms with Gasteiger partial charge in [-0.25, -0.2) is 0 Å². The molecule has 0 spiro atoms. The molecule has 0 saturated carbocycles. The molecule has 0 saturated heterocycles. The van der Waals surface area contributed by atoms with Crippen molar-refractivity contribution in [1.82, 2.24) is 0 Å². The summed E-state index contributed by atoms with van der Waals surface area (Å²) in [6, 6.07) is 14.4. The van der Waals surface area contributed by atoms with Gasteiger partial charge in [-0.15, -0.1) is 0 Å². The van der Waals surface area contributed by atoms with Crippen LogP contribution < -0.4 is 5.32 Å². The minimum atomic E-state index is -0.487. The molecule has 0 heterocycles. The highest BCUT2D eigenvalue weighted by Crippen LogP contribution is 2.44. The predicted molar refractivity (Wildman–Crippen MR) is 79.3 cm³/mol. The van der Waals surface area contributed by atoms with Crippen LogP contribution in [0.25, 0.3) is 11.1 Å². The number of fused-ring (bicyclic) bond motifs is 3. The molecule has 19 heavy (non-hydrogen) atoms. The van der Waals surface area contributed by atoms with Gasteiger partial charge in [0, 0.05) is 12.2 Å². The molecule has 0 radical (unpaired) electrons.